The highest BCUT2D eigenvalue weighted by Gasteiger charge is 1.91. The van der Waals surface area contributed by atoms with Gasteiger partial charge in [0.25, 0.3) is 0 Å². The van der Waals surface area contributed by atoms with Crippen molar-refractivity contribution in [2.75, 3.05) is 13.1 Å². The second-order valence-electron chi connectivity index (χ2n) is 3.16. The molecule has 0 aromatic heterocycles. The molecule has 0 fully saturated rings. The van der Waals surface area contributed by atoms with Gasteiger partial charge in [-0.05, 0) is 26.3 Å². The fraction of sp³-hybridized carbons (Fsp3) is 0.778. The molecule has 1 nitrogen and oxygen atoms in total. The lowest BCUT2D eigenvalue weighted by molar-refractivity contribution is 0.571. The molecular formula is C9H19N. The first-order valence-corrected chi connectivity index (χ1v) is 3.99. The van der Waals surface area contributed by atoms with Crippen molar-refractivity contribution >= 4 is 0 Å². The van der Waals surface area contributed by atoms with E-state index in [9.17, 15) is 0 Å². The fourth-order valence-electron chi connectivity index (χ4n) is 0.660. The topological polar surface area (TPSA) is 12.0 Å². The van der Waals surface area contributed by atoms with E-state index >= 15 is 0 Å². The molecule has 0 atom stereocenters. The summed E-state index contributed by atoms with van der Waals surface area (Å²) in [4.78, 5) is 0. The van der Waals surface area contributed by atoms with E-state index in [0.717, 1.165) is 19.0 Å². The summed E-state index contributed by atoms with van der Waals surface area (Å²) in [7, 11) is 0. The summed E-state index contributed by atoms with van der Waals surface area (Å²) in [5.74, 6) is 0.754. The van der Waals surface area contributed by atoms with Crippen LogP contribution in [0.5, 0.6) is 0 Å². The minimum Gasteiger partial charge on any atom is -0.313 e. The van der Waals surface area contributed by atoms with Crippen LogP contribution in [-0.2, 0) is 0 Å². The van der Waals surface area contributed by atoms with Gasteiger partial charge in [0.2, 0.25) is 0 Å². The zero-order chi connectivity index (χ0) is 7.98. The van der Waals surface area contributed by atoms with Gasteiger partial charge < -0.3 is 5.32 Å². The molecule has 0 aliphatic rings. The molecule has 0 unspecified atom stereocenters. The molecule has 0 radical (unpaired) electrons. The Bertz CT molecular complexity index is 103. The molecule has 0 aromatic rings. The molecule has 0 heterocycles. The minimum absolute atomic E-state index is 0.754. The van der Waals surface area contributed by atoms with Crippen LogP contribution in [0.3, 0.4) is 0 Å². The summed E-state index contributed by atoms with van der Waals surface area (Å²) in [6.45, 7) is 10.8. The number of hydrogen-bond donors (Lipinski definition) is 1. The van der Waals surface area contributed by atoms with Crippen molar-refractivity contribution in [1.82, 2.24) is 5.32 Å². The highest BCUT2D eigenvalue weighted by atomic mass is 14.8. The molecule has 0 aliphatic heterocycles. The summed E-state index contributed by atoms with van der Waals surface area (Å²) >= 11 is 0. The molecule has 0 aliphatic carbocycles. The quantitative estimate of drug-likeness (QED) is 0.592. The van der Waals surface area contributed by atoms with Crippen molar-refractivity contribution in [1.29, 1.82) is 0 Å². The molecule has 1 N–H and O–H groups in total. The van der Waals surface area contributed by atoms with Crippen LogP contribution in [0.25, 0.3) is 0 Å². The van der Waals surface area contributed by atoms with Gasteiger partial charge in [0.15, 0.2) is 0 Å². The van der Waals surface area contributed by atoms with E-state index in [0.29, 0.717) is 0 Å². The van der Waals surface area contributed by atoms with E-state index in [1.165, 1.54) is 5.57 Å². The highest BCUT2D eigenvalue weighted by molar-refractivity contribution is 4.97. The van der Waals surface area contributed by atoms with Gasteiger partial charge in [0, 0.05) is 6.54 Å². The van der Waals surface area contributed by atoms with Crippen molar-refractivity contribution in [3.63, 3.8) is 0 Å². The molecule has 1 heteroatoms. The van der Waals surface area contributed by atoms with Gasteiger partial charge in [-0.25, -0.2) is 0 Å². The average molecular weight is 141 g/mol. The maximum absolute atomic E-state index is 3.37. The number of hydrogen-bond acceptors (Lipinski definition) is 1. The summed E-state index contributed by atoms with van der Waals surface area (Å²) in [6.07, 6.45) is 2.15. The van der Waals surface area contributed by atoms with Crippen LogP contribution in [0, 0.1) is 5.92 Å². The van der Waals surface area contributed by atoms with Gasteiger partial charge in [-0.3, -0.25) is 0 Å². The Morgan fingerprint density at radius 1 is 1.50 bits per heavy atom. The minimum atomic E-state index is 0.754. The van der Waals surface area contributed by atoms with Crippen LogP contribution in [0.2, 0.25) is 0 Å². The lowest BCUT2D eigenvalue weighted by Gasteiger charge is -2.06. The Kier molecular flexibility index (Phi) is 5.32. The molecule has 0 rings (SSSR count). The first-order chi connectivity index (χ1) is 4.66. The van der Waals surface area contributed by atoms with E-state index in [1.807, 2.05) is 0 Å². The van der Waals surface area contributed by atoms with Gasteiger partial charge in [-0.15, -0.1) is 0 Å². The smallest absolute Gasteiger partial charge is 0.0161 e. The third-order valence-corrected chi connectivity index (χ3v) is 1.45. The molecule has 0 spiro atoms. The first kappa shape index (κ1) is 9.70. The van der Waals surface area contributed by atoms with Gasteiger partial charge in [-0.1, -0.05) is 25.5 Å². The molecule has 0 saturated heterocycles. The molecule has 0 bridgehead atoms. The third kappa shape index (κ3) is 5.83. The third-order valence-electron chi connectivity index (χ3n) is 1.45. The van der Waals surface area contributed by atoms with Crippen molar-refractivity contribution in [3.8, 4) is 0 Å². The molecule has 0 aromatic carbocycles. The van der Waals surface area contributed by atoms with Crippen LogP contribution in [0.1, 0.15) is 27.7 Å². The molecule has 60 valence electrons. The Labute approximate surface area is 64.5 Å². The standard InChI is InChI=1S/C9H19N/c1-5-9(4)7-10-6-8(2)3/h5,8,10H,6-7H2,1-4H3/b9-5-. The molecular weight excluding hydrogens is 122 g/mol. The van der Waals surface area contributed by atoms with Crippen LogP contribution in [0.15, 0.2) is 11.6 Å². The zero-order valence-corrected chi connectivity index (χ0v) is 7.57. The fourth-order valence-corrected chi connectivity index (χ4v) is 0.660. The van der Waals surface area contributed by atoms with Gasteiger partial charge in [0.05, 0.1) is 0 Å². The van der Waals surface area contributed by atoms with Crippen LogP contribution < -0.4 is 5.32 Å². The van der Waals surface area contributed by atoms with E-state index in [-0.39, 0.29) is 0 Å². The summed E-state index contributed by atoms with van der Waals surface area (Å²) in [5.41, 5.74) is 1.42. The highest BCUT2D eigenvalue weighted by Crippen LogP contribution is 1.90. The second kappa shape index (κ2) is 5.48. The second-order valence-corrected chi connectivity index (χ2v) is 3.16. The predicted octanol–water partition coefficient (Wildman–Crippen LogP) is 2.20. The van der Waals surface area contributed by atoms with Crippen molar-refractivity contribution in [2.45, 2.75) is 27.7 Å². The first-order valence-electron chi connectivity index (χ1n) is 3.99. The maximum Gasteiger partial charge on any atom is 0.0161 e. The number of allylic oxidation sites excluding steroid dienone is 1. The lowest BCUT2D eigenvalue weighted by atomic mass is 10.2. The predicted molar refractivity (Wildman–Crippen MR) is 47.1 cm³/mol. The van der Waals surface area contributed by atoms with Crippen LogP contribution >= 0.6 is 0 Å². The maximum atomic E-state index is 3.37. The normalized spacial score (nSPS) is 12.7. The van der Waals surface area contributed by atoms with Crippen LogP contribution in [0.4, 0.5) is 0 Å². The van der Waals surface area contributed by atoms with Crippen molar-refractivity contribution < 1.29 is 0 Å². The lowest BCUT2D eigenvalue weighted by Crippen LogP contribution is -2.21. The van der Waals surface area contributed by atoms with E-state index in [2.05, 4.69) is 39.1 Å². The molecule has 0 amide bonds. The van der Waals surface area contributed by atoms with E-state index < -0.39 is 0 Å². The Balaban J connectivity index is 3.20. The number of nitrogens with one attached hydrogen (secondary N) is 1. The molecule has 10 heavy (non-hydrogen) atoms. The summed E-state index contributed by atoms with van der Waals surface area (Å²) in [5, 5.41) is 3.37. The van der Waals surface area contributed by atoms with E-state index in [1.54, 1.807) is 0 Å². The van der Waals surface area contributed by atoms with Gasteiger partial charge in [0.1, 0.15) is 0 Å². The average Bonchev–Trinajstić information content (AvgIpc) is 1.87. The SMILES string of the molecule is C/C=C(/C)CNCC(C)C. The zero-order valence-electron chi connectivity index (χ0n) is 7.57. The van der Waals surface area contributed by atoms with Crippen LogP contribution in [-0.4, -0.2) is 13.1 Å². The van der Waals surface area contributed by atoms with Crippen molar-refractivity contribution in [3.05, 3.63) is 11.6 Å². The summed E-state index contributed by atoms with van der Waals surface area (Å²) in [6, 6.07) is 0. The molecule has 0 saturated carbocycles. The Morgan fingerprint density at radius 3 is 2.50 bits per heavy atom. The number of rotatable bonds is 4. The monoisotopic (exact) mass is 141 g/mol. The summed E-state index contributed by atoms with van der Waals surface area (Å²) < 4.78 is 0. The van der Waals surface area contributed by atoms with E-state index in [4.69, 9.17) is 0 Å². The largest absolute Gasteiger partial charge is 0.313 e. The Morgan fingerprint density at radius 2 is 2.10 bits per heavy atom. The Hall–Kier alpha value is -0.300. The van der Waals surface area contributed by atoms with Gasteiger partial charge in [-0.2, -0.15) is 0 Å². The van der Waals surface area contributed by atoms with Crippen molar-refractivity contribution in [2.24, 2.45) is 5.92 Å². The van der Waals surface area contributed by atoms with Gasteiger partial charge >= 0.3 is 0 Å².